The molecule has 7 nitrogen and oxygen atoms in total. The maximum absolute atomic E-state index is 12.2. The Hall–Kier alpha value is -4.01. The number of esters is 3. The van der Waals surface area contributed by atoms with Gasteiger partial charge in [-0.15, -0.1) is 0 Å². The number of aliphatic hydroxyl groups excluding tert-OH is 1. The summed E-state index contributed by atoms with van der Waals surface area (Å²) in [6.07, 6.45) is -0.0391. The molecule has 0 spiro atoms. The van der Waals surface area contributed by atoms with Crippen molar-refractivity contribution in [3.63, 3.8) is 0 Å². The molecule has 0 atom stereocenters. The lowest BCUT2D eigenvalue weighted by molar-refractivity contribution is -0.177. The average molecular weight is 744 g/mol. The van der Waals surface area contributed by atoms with Crippen molar-refractivity contribution in [2.45, 2.75) is 52.2 Å². The molecule has 0 bridgehead atoms. The molecular formula is C38H34Cl4O7. The Labute approximate surface area is 305 Å². The van der Waals surface area contributed by atoms with Crippen LogP contribution in [0.2, 0.25) is 20.1 Å². The molecule has 4 aromatic rings. The Bertz CT molecular complexity index is 1900. The zero-order valence-corrected chi connectivity index (χ0v) is 30.4. The smallest absolute Gasteiger partial charge is 0.349 e. The Morgan fingerprint density at radius 1 is 0.776 bits per heavy atom. The molecule has 0 unspecified atom stereocenters. The van der Waals surface area contributed by atoms with E-state index in [9.17, 15) is 19.5 Å². The number of cyclic esters (lactones) is 1. The van der Waals surface area contributed by atoms with E-state index in [0.717, 1.165) is 22.3 Å². The van der Waals surface area contributed by atoms with E-state index in [4.69, 9.17) is 60.6 Å². The van der Waals surface area contributed by atoms with Crippen LogP contribution in [0.5, 0.6) is 0 Å². The molecule has 256 valence electrons. The Morgan fingerprint density at radius 2 is 1.27 bits per heavy atom. The second-order valence-corrected chi connectivity index (χ2v) is 13.7. The molecule has 11 heteroatoms. The van der Waals surface area contributed by atoms with Crippen molar-refractivity contribution in [3.05, 3.63) is 122 Å². The van der Waals surface area contributed by atoms with E-state index in [1.807, 2.05) is 36.4 Å². The van der Waals surface area contributed by atoms with Crippen molar-refractivity contribution in [1.82, 2.24) is 0 Å². The molecule has 1 heterocycles. The van der Waals surface area contributed by atoms with E-state index in [0.29, 0.717) is 31.2 Å². The first-order chi connectivity index (χ1) is 23.0. The van der Waals surface area contributed by atoms with Gasteiger partial charge in [0.1, 0.15) is 5.57 Å². The van der Waals surface area contributed by atoms with E-state index < -0.39 is 29.1 Å². The third-order valence-corrected chi connectivity index (χ3v) is 8.64. The van der Waals surface area contributed by atoms with Crippen LogP contribution in [0.25, 0.3) is 27.8 Å². The molecule has 0 fully saturated rings. The van der Waals surface area contributed by atoms with E-state index >= 15 is 0 Å². The first-order valence-electron chi connectivity index (χ1n) is 15.2. The number of benzene rings is 4. The Kier molecular flexibility index (Phi) is 12.1. The van der Waals surface area contributed by atoms with Gasteiger partial charge in [0.25, 0.3) is 0 Å². The van der Waals surface area contributed by atoms with Gasteiger partial charge >= 0.3 is 17.9 Å². The monoisotopic (exact) mass is 742 g/mol. The van der Waals surface area contributed by atoms with Crippen molar-refractivity contribution in [1.29, 1.82) is 0 Å². The predicted octanol–water partition coefficient (Wildman–Crippen LogP) is 10.4. The van der Waals surface area contributed by atoms with Crippen LogP contribution in [0.1, 0.15) is 45.7 Å². The van der Waals surface area contributed by atoms with Crippen LogP contribution in [0, 0.1) is 0 Å². The van der Waals surface area contributed by atoms with Gasteiger partial charge in [0, 0.05) is 25.7 Å². The highest BCUT2D eigenvalue weighted by Crippen LogP contribution is 2.39. The number of ether oxygens (including phenoxy) is 3. The summed E-state index contributed by atoms with van der Waals surface area (Å²) < 4.78 is 15.3. The summed E-state index contributed by atoms with van der Waals surface area (Å²) in [5.41, 5.74) is 2.53. The van der Waals surface area contributed by atoms with Gasteiger partial charge < -0.3 is 19.3 Å². The van der Waals surface area contributed by atoms with E-state index in [2.05, 4.69) is 0 Å². The van der Waals surface area contributed by atoms with E-state index in [1.165, 1.54) is 13.8 Å². The second kappa shape index (κ2) is 15.7. The van der Waals surface area contributed by atoms with Crippen LogP contribution in [0.4, 0.5) is 0 Å². The zero-order valence-electron chi connectivity index (χ0n) is 27.4. The molecule has 0 aliphatic carbocycles. The summed E-state index contributed by atoms with van der Waals surface area (Å²) in [7, 11) is 0. The highest BCUT2D eigenvalue weighted by molar-refractivity contribution is 6.35. The normalized spacial score (nSPS) is 13.7. The lowest BCUT2D eigenvalue weighted by Gasteiger charge is -2.22. The second-order valence-electron chi connectivity index (χ2n) is 12.0. The van der Waals surface area contributed by atoms with Crippen LogP contribution >= 0.6 is 46.4 Å². The number of rotatable bonds is 8. The number of hydrogen-bond acceptors (Lipinski definition) is 7. The minimum Gasteiger partial charge on any atom is -0.507 e. The fourth-order valence-corrected chi connectivity index (χ4v) is 5.62. The lowest BCUT2D eigenvalue weighted by Crippen LogP contribution is -2.39. The average Bonchev–Trinajstić information content (AvgIpc) is 3.24. The first kappa shape index (κ1) is 37.8. The van der Waals surface area contributed by atoms with Crippen LogP contribution in [-0.2, 0) is 35.0 Å². The topological polar surface area (TPSA) is 99.1 Å². The molecule has 0 saturated carbocycles. The molecule has 1 aliphatic rings. The molecule has 0 saturated heterocycles. The molecule has 1 N–H and O–H groups in total. The van der Waals surface area contributed by atoms with Gasteiger partial charge in [-0.2, -0.15) is 0 Å². The van der Waals surface area contributed by atoms with E-state index in [1.54, 1.807) is 69.3 Å². The van der Waals surface area contributed by atoms with Crippen molar-refractivity contribution in [2.75, 3.05) is 6.61 Å². The molecular weight excluding hydrogens is 710 g/mol. The molecule has 0 aromatic heterocycles. The molecule has 0 radical (unpaired) electrons. The number of carbonyl (C=O) groups is 3. The van der Waals surface area contributed by atoms with Gasteiger partial charge in [0.05, 0.1) is 13.0 Å². The molecule has 1 aliphatic heterocycles. The highest BCUT2D eigenvalue weighted by atomic mass is 35.5. The van der Waals surface area contributed by atoms with Crippen molar-refractivity contribution in [3.8, 4) is 22.3 Å². The number of aliphatic hydroxyl groups is 1. The third kappa shape index (κ3) is 9.37. The standard InChI is InChI=1S/C20H20Cl2O4.C18H14Cl2O3/c1-4-25-19(24)20(2,3)26-18(23)12-15-6-5-14(11-17(15)22)13-7-9-16(21)10-8-13;1-18(2)16(21)15(17(22)23-18)13-8-5-11(9-14(13)20)10-3-6-12(19)7-4-10/h5-11H,4,12H2,1-3H3;3-9,21H,1-2H3. The molecule has 0 amide bonds. The predicted molar refractivity (Wildman–Crippen MR) is 194 cm³/mol. The van der Waals surface area contributed by atoms with Gasteiger partial charge in [-0.05, 0) is 98.8 Å². The minimum atomic E-state index is -1.34. The summed E-state index contributed by atoms with van der Waals surface area (Å²) in [5.74, 6) is -1.82. The van der Waals surface area contributed by atoms with Gasteiger partial charge in [0.2, 0.25) is 5.60 Å². The van der Waals surface area contributed by atoms with Crippen molar-refractivity contribution in [2.24, 2.45) is 0 Å². The Morgan fingerprint density at radius 3 is 1.71 bits per heavy atom. The third-order valence-electron chi connectivity index (χ3n) is 7.48. The summed E-state index contributed by atoms with van der Waals surface area (Å²) in [6.45, 7) is 8.16. The summed E-state index contributed by atoms with van der Waals surface area (Å²) in [6, 6.07) is 25.5. The summed E-state index contributed by atoms with van der Waals surface area (Å²) in [4.78, 5) is 36.0. The SMILES string of the molecule is CC1(C)OC(=O)C(c2ccc(-c3ccc(Cl)cc3)cc2Cl)=C1O.CCOC(=O)C(C)(C)OC(=O)Cc1ccc(-c2ccc(Cl)cc2)cc1Cl. The fourth-order valence-electron chi connectivity index (χ4n) is 4.84. The minimum absolute atomic E-state index is 0.0391. The zero-order chi connectivity index (χ0) is 36.1. The summed E-state index contributed by atoms with van der Waals surface area (Å²) in [5, 5.41) is 12.4. The van der Waals surface area contributed by atoms with Crippen molar-refractivity contribution < 1.29 is 33.7 Å². The van der Waals surface area contributed by atoms with Crippen LogP contribution < -0.4 is 0 Å². The Balaban J connectivity index is 0.000000222. The van der Waals surface area contributed by atoms with Gasteiger partial charge in [-0.25, -0.2) is 9.59 Å². The maximum atomic E-state index is 12.2. The van der Waals surface area contributed by atoms with Crippen LogP contribution in [0.15, 0.2) is 90.7 Å². The van der Waals surface area contributed by atoms with E-state index in [-0.39, 0.29) is 24.4 Å². The van der Waals surface area contributed by atoms with Gasteiger partial charge in [-0.1, -0.05) is 94.9 Å². The highest BCUT2D eigenvalue weighted by Gasteiger charge is 2.42. The largest absolute Gasteiger partial charge is 0.507 e. The van der Waals surface area contributed by atoms with Gasteiger partial charge in [-0.3, -0.25) is 4.79 Å². The molecule has 4 aromatic carbocycles. The van der Waals surface area contributed by atoms with Crippen LogP contribution in [0.3, 0.4) is 0 Å². The first-order valence-corrected chi connectivity index (χ1v) is 16.7. The lowest BCUT2D eigenvalue weighted by atomic mass is 9.97. The van der Waals surface area contributed by atoms with Crippen molar-refractivity contribution >= 4 is 69.9 Å². The van der Waals surface area contributed by atoms with Gasteiger partial charge in [0.15, 0.2) is 11.4 Å². The number of halogens is 4. The number of hydrogen-bond donors (Lipinski definition) is 1. The fraction of sp³-hybridized carbons (Fsp3) is 0.237. The number of carbonyl (C=O) groups excluding carboxylic acids is 3. The maximum Gasteiger partial charge on any atom is 0.349 e. The molecule has 49 heavy (non-hydrogen) atoms. The summed E-state index contributed by atoms with van der Waals surface area (Å²) >= 11 is 24.4. The quantitative estimate of drug-likeness (QED) is 0.142. The van der Waals surface area contributed by atoms with Crippen LogP contribution in [-0.4, -0.2) is 40.8 Å². The molecule has 5 rings (SSSR count).